The van der Waals surface area contributed by atoms with E-state index in [-0.39, 0.29) is 43.7 Å². The number of carbonyl (C=O) groups excluding carboxylic acids is 3. The number of alkyl carbamates (subject to hydrolysis) is 1. The minimum Gasteiger partial charge on any atom is -0.476 e. The van der Waals surface area contributed by atoms with Crippen LogP contribution in [0.4, 0.5) is 28.4 Å². The van der Waals surface area contributed by atoms with Crippen molar-refractivity contribution in [3.05, 3.63) is 59.2 Å². The van der Waals surface area contributed by atoms with Crippen molar-refractivity contribution in [3.8, 4) is 5.75 Å². The normalized spacial score (nSPS) is 18.8. The molecule has 2 aromatic rings. The van der Waals surface area contributed by atoms with Gasteiger partial charge < -0.3 is 39.3 Å². The summed E-state index contributed by atoms with van der Waals surface area (Å²) in [7, 11) is 1.51. The molecule has 0 unspecified atom stereocenters. The number of fused-ring (bicyclic) bond motifs is 1. The lowest BCUT2D eigenvalue weighted by Crippen LogP contribution is -2.57. The molecule has 2 atom stereocenters. The van der Waals surface area contributed by atoms with Gasteiger partial charge in [0.15, 0.2) is 5.60 Å². The molecule has 49 heavy (non-hydrogen) atoms. The SMILES string of the molecule is COCC[C@@H]1CC[C@@H](N(C(=O)c2cc3c(cc2C(F)(F)F)OC(C)(C)C(=O)N3CCNC(=O)OCc2ccccc2)C(C)C)CN1C(=O)O. The number of nitrogens with one attached hydrogen (secondary N) is 1. The number of nitrogens with zero attached hydrogens (tertiary/aromatic N) is 3. The second-order valence-corrected chi connectivity index (χ2v) is 12.8. The van der Waals surface area contributed by atoms with Crippen LogP contribution in [0.15, 0.2) is 42.5 Å². The second kappa shape index (κ2) is 15.3. The van der Waals surface area contributed by atoms with Gasteiger partial charge in [0.2, 0.25) is 0 Å². The molecule has 2 aliphatic rings. The molecule has 12 nitrogen and oxygen atoms in total. The molecule has 0 saturated carbocycles. The van der Waals surface area contributed by atoms with Gasteiger partial charge in [-0.05, 0) is 64.7 Å². The van der Waals surface area contributed by atoms with Gasteiger partial charge in [-0.2, -0.15) is 13.2 Å². The van der Waals surface area contributed by atoms with E-state index < -0.39 is 59.0 Å². The maximum absolute atomic E-state index is 14.6. The predicted molar refractivity (Wildman–Crippen MR) is 172 cm³/mol. The topological polar surface area (TPSA) is 138 Å². The molecule has 0 aliphatic carbocycles. The number of amides is 4. The minimum atomic E-state index is -4.97. The zero-order valence-electron chi connectivity index (χ0n) is 28.2. The molecule has 0 aromatic heterocycles. The number of carboxylic acid groups (broad SMARTS) is 1. The van der Waals surface area contributed by atoms with Crippen LogP contribution in [0.3, 0.4) is 0 Å². The molecule has 1 saturated heterocycles. The van der Waals surface area contributed by atoms with Crippen molar-refractivity contribution in [1.82, 2.24) is 15.1 Å². The van der Waals surface area contributed by atoms with Gasteiger partial charge in [-0.25, -0.2) is 9.59 Å². The standard InChI is InChI=1S/C34H43F3N4O8/c1-21(2)41(24-12-11-23(13-16-47-5)40(19-24)32(45)46)29(42)25-17-27-28(18-26(25)34(35,36)37)49-33(3,4)30(43)39(27)15-14-38-31(44)48-20-22-9-7-6-8-10-22/h6-10,17-18,21,23-24H,11-16,19-20H2,1-5H3,(H,38,44)(H,45,46)/t23-,24+/m0/s1. The molecule has 1 fully saturated rings. The summed E-state index contributed by atoms with van der Waals surface area (Å²) in [4.78, 5) is 55.9. The highest BCUT2D eigenvalue weighted by Gasteiger charge is 2.46. The first-order valence-electron chi connectivity index (χ1n) is 16.1. The molecule has 0 spiro atoms. The summed E-state index contributed by atoms with van der Waals surface area (Å²) in [5.41, 5.74) is -2.82. The molecule has 268 valence electrons. The van der Waals surface area contributed by atoms with Gasteiger partial charge in [-0.15, -0.1) is 0 Å². The maximum Gasteiger partial charge on any atom is 0.417 e. The van der Waals surface area contributed by atoms with E-state index >= 15 is 0 Å². The molecule has 2 aliphatic heterocycles. The Balaban J connectivity index is 1.63. The predicted octanol–water partition coefficient (Wildman–Crippen LogP) is 5.53. The Morgan fingerprint density at radius 3 is 2.45 bits per heavy atom. The third kappa shape index (κ3) is 8.74. The highest BCUT2D eigenvalue weighted by atomic mass is 19.4. The van der Waals surface area contributed by atoms with E-state index in [1.54, 1.807) is 38.1 Å². The zero-order chi connectivity index (χ0) is 36.1. The van der Waals surface area contributed by atoms with Crippen molar-refractivity contribution in [2.24, 2.45) is 0 Å². The Hall–Kier alpha value is -4.53. The monoisotopic (exact) mass is 692 g/mol. The first-order chi connectivity index (χ1) is 23.0. The van der Waals surface area contributed by atoms with Gasteiger partial charge in [0.05, 0.1) is 22.9 Å². The molecule has 0 bridgehead atoms. The lowest BCUT2D eigenvalue weighted by molar-refractivity contribution is -0.138. The quantitative estimate of drug-likeness (QED) is 0.314. The molecule has 2 N–H and O–H groups in total. The zero-order valence-corrected chi connectivity index (χ0v) is 28.2. The van der Waals surface area contributed by atoms with Crippen molar-refractivity contribution >= 4 is 29.7 Å². The van der Waals surface area contributed by atoms with E-state index in [0.29, 0.717) is 25.9 Å². The molecular formula is C34H43F3N4O8. The van der Waals surface area contributed by atoms with E-state index in [1.165, 1.54) is 35.7 Å². The Bertz CT molecular complexity index is 1520. The molecule has 15 heteroatoms. The van der Waals surface area contributed by atoms with E-state index in [4.69, 9.17) is 14.2 Å². The lowest BCUT2D eigenvalue weighted by Gasteiger charge is -2.44. The molecule has 2 aromatic carbocycles. The lowest BCUT2D eigenvalue weighted by atomic mass is 9.93. The number of hydrogen-bond donors (Lipinski definition) is 2. The summed E-state index contributed by atoms with van der Waals surface area (Å²) < 4.78 is 59.9. The van der Waals surface area contributed by atoms with E-state index in [2.05, 4.69) is 5.32 Å². The number of benzene rings is 2. The van der Waals surface area contributed by atoms with E-state index in [0.717, 1.165) is 17.7 Å². The highest BCUT2D eigenvalue weighted by molar-refractivity contribution is 6.05. The van der Waals surface area contributed by atoms with E-state index in [1.807, 2.05) is 6.07 Å². The van der Waals surface area contributed by atoms with Crippen LogP contribution in [-0.2, 0) is 27.1 Å². The van der Waals surface area contributed by atoms with Gasteiger partial charge >= 0.3 is 18.4 Å². The fraction of sp³-hybridized carbons (Fsp3) is 0.529. The number of hydrogen-bond acceptors (Lipinski definition) is 7. The summed E-state index contributed by atoms with van der Waals surface area (Å²) in [6.07, 6.45) is -5.74. The molecular weight excluding hydrogens is 649 g/mol. The van der Waals surface area contributed by atoms with Crippen molar-refractivity contribution in [2.45, 2.75) is 83.5 Å². The molecule has 0 radical (unpaired) electrons. The van der Waals surface area contributed by atoms with Crippen molar-refractivity contribution in [2.75, 3.05) is 38.3 Å². The smallest absolute Gasteiger partial charge is 0.417 e. The molecule has 4 rings (SSSR count). The highest BCUT2D eigenvalue weighted by Crippen LogP contribution is 2.44. The number of halogens is 3. The number of piperidine rings is 1. The number of carbonyl (C=O) groups is 4. The summed E-state index contributed by atoms with van der Waals surface area (Å²) in [6, 6.07) is 9.01. The Labute approximate surface area is 283 Å². The van der Waals surface area contributed by atoms with Crippen LogP contribution in [0.2, 0.25) is 0 Å². The third-order valence-electron chi connectivity index (χ3n) is 8.63. The first kappa shape index (κ1) is 37.3. The second-order valence-electron chi connectivity index (χ2n) is 12.8. The van der Waals surface area contributed by atoms with Crippen LogP contribution in [0.1, 0.15) is 68.4 Å². The number of alkyl halides is 3. The fourth-order valence-corrected chi connectivity index (χ4v) is 6.28. The number of ether oxygens (including phenoxy) is 3. The van der Waals surface area contributed by atoms with Crippen LogP contribution in [0.5, 0.6) is 5.75 Å². The first-order valence-corrected chi connectivity index (χ1v) is 16.1. The largest absolute Gasteiger partial charge is 0.476 e. The van der Waals surface area contributed by atoms with Gasteiger partial charge in [0, 0.05) is 45.4 Å². The Morgan fingerprint density at radius 1 is 1.14 bits per heavy atom. The fourth-order valence-electron chi connectivity index (χ4n) is 6.28. The molecule has 2 heterocycles. The van der Waals surface area contributed by atoms with Crippen LogP contribution in [0, 0.1) is 0 Å². The number of rotatable bonds is 11. The van der Waals surface area contributed by atoms with Gasteiger partial charge in [-0.3, -0.25) is 9.59 Å². The summed E-state index contributed by atoms with van der Waals surface area (Å²) in [5, 5.41) is 12.5. The van der Waals surface area contributed by atoms with Crippen molar-refractivity contribution in [1.29, 1.82) is 0 Å². The average Bonchev–Trinajstić information content (AvgIpc) is 3.04. The van der Waals surface area contributed by atoms with Crippen LogP contribution < -0.4 is 15.0 Å². The van der Waals surface area contributed by atoms with Gasteiger partial charge in [-0.1, -0.05) is 30.3 Å². The van der Waals surface area contributed by atoms with Gasteiger partial charge in [0.1, 0.15) is 12.4 Å². The van der Waals surface area contributed by atoms with Gasteiger partial charge in [0.25, 0.3) is 11.8 Å². The van der Waals surface area contributed by atoms with E-state index in [9.17, 15) is 37.5 Å². The number of methoxy groups -OCH3 is 1. The van der Waals surface area contributed by atoms with Crippen molar-refractivity contribution < 1.29 is 51.7 Å². The number of anilines is 1. The summed E-state index contributed by atoms with van der Waals surface area (Å²) in [5.74, 6) is -1.81. The Kier molecular flexibility index (Phi) is 11.7. The maximum atomic E-state index is 14.6. The Morgan fingerprint density at radius 2 is 1.84 bits per heavy atom. The molecule has 4 amide bonds. The van der Waals surface area contributed by atoms with Crippen LogP contribution in [0.25, 0.3) is 0 Å². The minimum absolute atomic E-state index is 0.0100. The number of likely N-dealkylation sites (tertiary alicyclic amines) is 1. The van der Waals surface area contributed by atoms with Crippen LogP contribution in [-0.4, -0.2) is 96.0 Å². The summed E-state index contributed by atoms with van der Waals surface area (Å²) in [6.45, 7) is 6.09. The van der Waals surface area contributed by atoms with Crippen molar-refractivity contribution in [3.63, 3.8) is 0 Å². The average molecular weight is 693 g/mol. The third-order valence-corrected chi connectivity index (χ3v) is 8.63. The van der Waals surface area contributed by atoms with Crippen LogP contribution >= 0.6 is 0 Å². The summed E-state index contributed by atoms with van der Waals surface area (Å²) >= 11 is 0.